The molecule has 0 rings (SSSR count). The van der Waals surface area contributed by atoms with E-state index in [1.54, 1.807) is 0 Å². The first-order chi connectivity index (χ1) is 7.07. The standard InChI is InChI=1S/C11H23NO3/c1-4-10(11(13)14)12-6-5-7-15-8-9(2)3/h9-10,12H,4-8H2,1-3H3,(H,13,14). The van der Waals surface area contributed by atoms with Crippen LogP contribution in [0.2, 0.25) is 0 Å². The summed E-state index contributed by atoms with van der Waals surface area (Å²) in [6.45, 7) is 8.24. The summed E-state index contributed by atoms with van der Waals surface area (Å²) >= 11 is 0. The van der Waals surface area contributed by atoms with Gasteiger partial charge in [0.2, 0.25) is 0 Å². The van der Waals surface area contributed by atoms with Gasteiger partial charge in [0.05, 0.1) is 0 Å². The molecule has 0 aliphatic carbocycles. The third-order valence-electron chi connectivity index (χ3n) is 2.01. The maximum absolute atomic E-state index is 10.6. The average Bonchev–Trinajstić information content (AvgIpc) is 2.15. The van der Waals surface area contributed by atoms with E-state index in [2.05, 4.69) is 19.2 Å². The van der Waals surface area contributed by atoms with Crippen molar-refractivity contribution in [1.29, 1.82) is 0 Å². The SMILES string of the molecule is CCC(NCCCOCC(C)C)C(=O)O. The summed E-state index contributed by atoms with van der Waals surface area (Å²) in [6, 6.07) is -0.421. The van der Waals surface area contributed by atoms with E-state index in [1.807, 2.05) is 6.92 Å². The molecule has 0 saturated carbocycles. The first-order valence-corrected chi connectivity index (χ1v) is 5.61. The first kappa shape index (κ1) is 14.4. The Hall–Kier alpha value is -0.610. The Morgan fingerprint density at radius 3 is 2.60 bits per heavy atom. The Kier molecular flexibility index (Phi) is 8.33. The number of nitrogens with one attached hydrogen (secondary N) is 1. The van der Waals surface area contributed by atoms with Gasteiger partial charge in [0.15, 0.2) is 0 Å². The number of rotatable bonds is 9. The van der Waals surface area contributed by atoms with Gasteiger partial charge in [-0.05, 0) is 25.3 Å². The van der Waals surface area contributed by atoms with Crippen LogP contribution in [0.5, 0.6) is 0 Å². The number of hydrogen-bond acceptors (Lipinski definition) is 3. The van der Waals surface area contributed by atoms with Gasteiger partial charge in [0.1, 0.15) is 6.04 Å². The molecule has 4 heteroatoms. The maximum Gasteiger partial charge on any atom is 0.320 e. The molecule has 0 spiro atoms. The second-order valence-corrected chi connectivity index (χ2v) is 4.08. The van der Waals surface area contributed by atoms with Gasteiger partial charge in [-0.15, -0.1) is 0 Å². The third kappa shape index (κ3) is 8.39. The largest absolute Gasteiger partial charge is 0.480 e. The number of carbonyl (C=O) groups is 1. The van der Waals surface area contributed by atoms with Crippen LogP contribution in [0.25, 0.3) is 0 Å². The summed E-state index contributed by atoms with van der Waals surface area (Å²) in [7, 11) is 0. The molecule has 0 aromatic carbocycles. The lowest BCUT2D eigenvalue weighted by molar-refractivity contribution is -0.139. The third-order valence-corrected chi connectivity index (χ3v) is 2.01. The van der Waals surface area contributed by atoms with Crippen LogP contribution in [0.1, 0.15) is 33.6 Å². The molecule has 0 fully saturated rings. The van der Waals surface area contributed by atoms with Crippen molar-refractivity contribution in [3.63, 3.8) is 0 Å². The maximum atomic E-state index is 10.6. The van der Waals surface area contributed by atoms with Crippen molar-refractivity contribution < 1.29 is 14.6 Å². The molecule has 4 nitrogen and oxygen atoms in total. The van der Waals surface area contributed by atoms with Crippen molar-refractivity contribution in [2.75, 3.05) is 19.8 Å². The van der Waals surface area contributed by atoms with E-state index in [4.69, 9.17) is 9.84 Å². The van der Waals surface area contributed by atoms with Crippen LogP contribution in [0.4, 0.5) is 0 Å². The van der Waals surface area contributed by atoms with Gasteiger partial charge in [0, 0.05) is 13.2 Å². The molecule has 1 atom stereocenters. The molecule has 0 aliphatic heterocycles. The molecule has 2 N–H and O–H groups in total. The zero-order valence-corrected chi connectivity index (χ0v) is 9.95. The molecule has 15 heavy (non-hydrogen) atoms. The molecule has 0 aliphatic rings. The number of carboxylic acid groups (broad SMARTS) is 1. The van der Waals surface area contributed by atoms with Gasteiger partial charge in [-0.3, -0.25) is 4.79 Å². The molecule has 0 aromatic rings. The first-order valence-electron chi connectivity index (χ1n) is 5.61. The van der Waals surface area contributed by atoms with Gasteiger partial charge in [-0.25, -0.2) is 0 Å². The molecule has 0 bridgehead atoms. The Morgan fingerprint density at radius 2 is 2.13 bits per heavy atom. The fourth-order valence-corrected chi connectivity index (χ4v) is 1.18. The molecule has 0 aromatic heterocycles. The number of ether oxygens (including phenoxy) is 1. The van der Waals surface area contributed by atoms with Crippen molar-refractivity contribution in [1.82, 2.24) is 5.32 Å². The van der Waals surface area contributed by atoms with Gasteiger partial charge < -0.3 is 15.2 Å². The van der Waals surface area contributed by atoms with Crippen LogP contribution in [0.3, 0.4) is 0 Å². The van der Waals surface area contributed by atoms with Crippen molar-refractivity contribution in [2.24, 2.45) is 5.92 Å². The second kappa shape index (κ2) is 8.68. The molecule has 0 amide bonds. The molecule has 90 valence electrons. The lowest BCUT2D eigenvalue weighted by atomic mass is 10.2. The molecule has 0 heterocycles. The van der Waals surface area contributed by atoms with Crippen molar-refractivity contribution in [3.8, 4) is 0 Å². The molecule has 0 radical (unpaired) electrons. The predicted molar refractivity (Wildman–Crippen MR) is 60.0 cm³/mol. The number of aliphatic carboxylic acids is 1. The normalized spacial score (nSPS) is 13.1. The molecular formula is C11H23NO3. The van der Waals surface area contributed by atoms with Crippen LogP contribution >= 0.6 is 0 Å². The zero-order chi connectivity index (χ0) is 11.7. The molecular weight excluding hydrogens is 194 g/mol. The summed E-state index contributed by atoms with van der Waals surface area (Å²) in [5.74, 6) is -0.221. The minimum absolute atomic E-state index is 0.421. The van der Waals surface area contributed by atoms with Gasteiger partial charge in [0.25, 0.3) is 0 Å². The van der Waals surface area contributed by atoms with E-state index in [1.165, 1.54) is 0 Å². The van der Waals surface area contributed by atoms with E-state index < -0.39 is 12.0 Å². The van der Waals surface area contributed by atoms with Gasteiger partial charge in [-0.2, -0.15) is 0 Å². The van der Waals surface area contributed by atoms with Crippen LogP contribution in [-0.2, 0) is 9.53 Å². The lowest BCUT2D eigenvalue weighted by Gasteiger charge is -2.12. The van der Waals surface area contributed by atoms with E-state index in [0.29, 0.717) is 25.5 Å². The Morgan fingerprint density at radius 1 is 1.47 bits per heavy atom. The van der Waals surface area contributed by atoms with E-state index >= 15 is 0 Å². The Labute approximate surface area is 92.0 Å². The predicted octanol–water partition coefficient (Wildman–Crippen LogP) is 1.50. The minimum atomic E-state index is -0.777. The second-order valence-electron chi connectivity index (χ2n) is 4.08. The monoisotopic (exact) mass is 217 g/mol. The summed E-state index contributed by atoms with van der Waals surface area (Å²) in [6.07, 6.45) is 1.47. The highest BCUT2D eigenvalue weighted by molar-refractivity contribution is 5.73. The van der Waals surface area contributed by atoms with Crippen LogP contribution in [-0.4, -0.2) is 36.9 Å². The number of carboxylic acids is 1. The zero-order valence-electron chi connectivity index (χ0n) is 9.95. The fourth-order valence-electron chi connectivity index (χ4n) is 1.18. The van der Waals surface area contributed by atoms with Crippen molar-refractivity contribution >= 4 is 5.97 Å². The van der Waals surface area contributed by atoms with Gasteiger partial charge in [-0.1, -0.05) is 20.8 Å². The van der Waals surface area contributed by atoms with E-state index in [9.17, 15) is 4.79 Å². The quantitative estimate of drug-likeness (QED) is 0.575. The summed E-state index contributed by atoms with van der Waals surface area (Å²) in [5.41, 5.74) is 0. The molecule has 1 unspecified atom stereocenters. The van der Waals surface area contributed by atoms with E-state index in [0.717, 1.165) is 13.0 Å². The van der Waals surface area contributed by atoms with Crippen LogP contribution in [0, 0.1) is 5.92 Å². The summed E-state index contributed by atoms with van der Waals surface area (Å²) in [5, 5.41) is 11.7. The topological polar surface area (TPSA) is 58.6 Å². The highest BCUT2D eigenvalue weighted by Crippen LogP contribution is 1.94. The minimum Gasteiger partial charge on any atom is -0.480 e. The summed E-state index contributed by atoms with van der Waals surface area (Å²) < 4.78 is 5.38. The summed E-state index contributed by atoms with van der Waals surface area (Å²) in [4.78, 5) is 10.6. The smallest absolute Gasteiger partial charge is 0.320 e. The Balaban J connectivity index is 3.33. The molecule has 0 saturated heterocycles. The van der Waals surface area contributed by atoms with Crippen LogP contribution in [0.15, 0.2) is 0 Å². The Bertz CT molecular complexity index is 171. The highest BCUT2D eigenvalue weighted by atomic mass is 16.5. The van der Waals surface area contributed by atoms with Gasteiger partial charge >= 0.3 is 5.97 Å². The van der Waals surface area contributed by atoms with Crippen molar-refractivity contribution in [2.45, 2.75) is 39.7 Å². The highest BCUT2D eigenvalue weighted by Gasteiger charge is 2.12. The van der Waals surface area contributed by atoms with Crippen molar-refractivity contribution in [3.05, 3.63) is 0 Å². The lowest BCUT2D eigenvalue weighted by Crippen LogP contribution is -2.36. The van der Waals surface area contributed by atoms with E-state index in [-0.39, 0.29) is 0 Å². The fraction of sp³-hybridized carbons (Fsp3) is 0.909. The number of hydrogen-bond donors (Lipinski definition) is 2. The van der Waals surface area contributed by atoms with Crippen LogP contribution < -0.4 is 5.32 Å². The average molecular weight is 217 g/mol.